The van der Waals surface area contributed by atoms with Crippen molar-refractivity contribution in [1.29, 1.82) is 0 Å². The fraction of sp³-hybridized carbons (Fsp3) is 0.500. The van der Waals surface area contributed by atoms with E-state index in [1.54, 1.807) is 0 Å². The van der Waals surface area contributed by atoms with Crippen LogP contribution in [0.4, 0.5) is 10.5 Å². The van der Waals surface area contributed by atoms with E-state index in [4.69, 9.17) is 16.3 Å². The second-order valence-electron chi connectivity index (χ2n) is 5.93. The number of benzene rings is 1. The number of nitrogens with zero attached hydrogens (tertiary/aromatic N) is 1. The summed E-state index contributed by atoms with van der Waals surface area (Å²) in [7, 11) is 0. The minimum absolute atomic E-state index is 0.0144. The normalized spacial score (nSPS) is 15.9. The Morgan fingerprint density at radius 2 is 2.00 bits per heavy atom. The van der Waals surface area contributed by atoms with Gasteiger partial charge in [-0.3, -0.25) is 20.2 Å². The first-order chi connectivity index (χ1) is 11.9. The summed E-state index contributed by atoms with van der Waals surface area (Å²) in [5, 5.41) is 15.7. The first-order valence-electron chi connectivity index (χ1n) is 8.09. The fourth-order valence-electron chi connectivity index (χ4n) is 2.62. The van der Waals surface area contributed by atoms with Crippen molar-refractivity contribution in [3.05, 3.63) is 33.3 Å². The van der Waals surface area contributed by atoms with Crippen LogP contribution in [-0.4, -0.2) is 29.0 Å². The van der Waals surface area contributed by atoms with Crippen LogP contribution in [-0.2, 0) is 4.79 Å². The Balaban J connectivity index is 1.87. The van der Waals surface area contributed by atoms with E-state index in [1.165, 1.54) is 25.5 Å². The molecule has 1 fully saturated rings. The number of hydrogen-bond donors (Lipinski definition) is 2. The van der Waals surface area contributed by atoms with Gasteiger partial charge in [0.1, 0.15) is 5.75 Å². The van der Waals surface area contributed by atoms with Gasteiger partial charge in [0.15, 0.2) is 6.10 Å². The first-order valence-corrected chi connectivity index (χ1v) is 8.46. The Morgan fingerprint density at radius 3 is 2.60 bits per heavy atom. The number of amides is 3. The molecule has 2 rings (SSSR count). The van der Waals surface area contributed by atoms with E-state index in [1.807, 2.05) is 0 Å². The molecule has 1 aliphatic carbocycles. The van der Waals surface area contributed by atoms with E-state index in [0.717, 1.165) is 31.7 Å². The highest BCUT2D eigenvalue weighted by Gasteiger charge is 2.22. The first kappa shape index (κ1) is 19.0. The van der Waals surface area contributed by atoms with E-state index in [2.05, 4.69) is 10.6 Å². The molecule has 0 bridgehead atoms. The molecule has 8 nitrogen and oxygen atoms in total. The van der Waals surface area contributed by atoms with E-state index in [9.17, 15) is 19.7 Å². The summed E-state index contributed by atoms with van der Waals surface area (Å²) in [5.74, 6) is -0.495. The highest BCUT2D eigenvalue weighted by Crippen LogP contribution is 2.29. The molecule has 136 valence electrons. The minimum atomic E-state index is -0.990. The molecule has 0 aliphatic heterocycles. The summed E-state index contributed by atoms with van der Waals surface area (Å²) in [4.78, 5) is 34.0. The van der Waals surface area contributed by atoms with E-state index in [0.29, 0.717) is 0 Å². The third-order valence-electron chi connectivity index (χ3n) is 3.98. The molecule has 9 heteroatoms. The molecule has 0 saturated heterocycles. The van der Waals surface area contributed by atoms with Crippen molar-refractivity contribution < 1.29 is 19.2 Å². The Labute approximate surface area is 150 Å². The largest absolute Gasteiger partial charge is 0.479 e. The minimum Gasteiger partial charge on any atom is -0.479 e. The Morgan fingerprint density at radius 1 is 1.32 bits per heavy atom. The van der Waals surface area contributed by atoms with Gasteiger partial charge in [0.25, 0.3) is 11.6 Å². The predicted octanol–water partition coefficient (Wildman–Crippen LogP) is 3.17. The van der Waals surface area contributed by atoms with Crippen LogP contribution in [0.3, 0.4) is 0 Å². The van der Waals surface area contributed by atoms with Crippen molar-refractivity contribution in [3.63, 3.8) is 0 Å². The van der Waals surface area contributed by atoms with E-state index >= 15 is 0 Å². The third-order valence-corrected chi connectivity index (χ3v) is 4.27. The average molecular weight is 370 g/mol. The third kappa shape index (κ3) is 5.60. The molecule has 0 radical (unpaired) electrons. The molecule has 1 aromatic rings. The molecule has 0 heterocycles. The summed E-state index contributed by atoms with van der Waals surface area (Å²) >= 11 is 5.92. The summed E-state index contributed by atoms with van der Waals surface area (Å²) in [5.41, 5.74) is -0.179. The molecule has 0 unspecified atom stereocenters. The zero-order valence-electron chi connectivity index (χ0n) is 13.8. The van der Waals surface area contributed by atoms with Gasteiger partial charge in [-0.1, -0.05) is 30.9 Å². The summed E-state index contributed by atoms with van der Waals surface area (Å²) < 4.78 is 5.39. The summed E-state index contributed by atoms with van der Waals surface area (Å²) in [6, 6.07) is 3.20. The number of halogens is 1. The van der Waals surface area contributed by atoms with Gasteiger partial charge in [0.2, 0.25) is 0 Å². The standard InChI is InChI=1S/C16H20ClN3O5/c1-10(25-14-8-7-12(20(23)24)9-13(14)17)15(21)19-16(22)18-11-5-3-2-4-6-11/h7-11H,2-6H2,1H3,(H2,18,19,21,22)/t10-/m0/s1. The topological polar surface area (TPSA) is 111 Å². The number of carbonyl (C=O) groups is 2. The molecule has 1 saturated carbocycles. The van der Waals surface area contributed by atoms with E-state index < -0.39 is 23.0 Å². The van der Waals surface area contributed by atoms with Crippen molar-refractivity contribution in [2.45, 2.75) is 51.2 Å². The second-order valence-corrected chi connectivity index (χ2v) is 6.34. The lowest BCUT2D eigenvalue weighted by molar-refractivity contribution is -0.384. The number of nitro benzene ring substituents is 1. The van der Waals surface area contributed by atoms with Gasteiger partial charge in [-0.2, -0.15) is 0 Å². The van der Waals surface area contributed by atoms with Crippen molar-refractivity contribution in [1.82, 2.24) is 10.6 Å². The summed E-state index contributed by atoms with van der Waals surface area (Å²) in [6.45, 7) is 1.46. The van der Waals surface area contributed by atoms with Crippen molar-refractivity contribution >= 4 is 29.2 Å². The van der Waals surface area contributed by atoms with Crippen molar-refractivity contribution in [2.24, 2.45) is 0 Å². The lowest BCUT2D eigenvalue weighted by Crippen LogP contribution is -2.48. The lowest BCUT2D eigenvalue weighted by atomic mass is 9.96. The van der Waals surface area contributed by atoms with Crippen LogP contribution in [0, 0.1) is 10.1 Å². The molecule has 2 N–H and O–H groups in total. The van der Waals surface area contributed by atoms with Crippen LogP contribution in [0.25, 0.3) is 0 Å². The smallest absolute Gasteiger partial charge is 0.321 e. The number of urea groups is 1. The molecule has 0 spiro atoms. The van der Waals surface area contributed by atoms with Crippen molar-refractivity contribution in [2.75, 3.05) is 0 Å². The number of rotatable bonds is 5. The quantitative estimate of drug-likeness (QED) is 0.611. The van der Waals surface area contributed by atoms with Gasteiger partial charge in [0, 0.05) is 18.2 Å². The lowest BCUT2D eigenvalue weighted by Gasteiger charge is -2.23. The maximum atomic E-state index is 12.0. The zero-order chi connectivity index (χ0) is 18.4. The molecular formula is C16H20ClN3O5. The van der Waals surface area contributed by atoms with E-state index in [-0.39, 0.29) is 22.5 Å². The SMILES string of the molecule is C[C@H](Oc1ccc([N+](=O)[O-])cc1Cl)C(=O)NC(=O)NC1CCCCC1. The maximum absolute atomic E-state index is 12.0. The van der Waals surface area contributed by atoms with Gasteiger partial charge in [-0.05, 0) is 25.8 Å². The highest BCUT2D eigenvalue weighted by molar-refractivity contribution is 6.32. The number of non-ortho nitro benzene ring substituents is 1. The zero-order valence-corrected chi connectivity index (χ0v) is 14.5. The molecular weight excluding hydrogens is 350 g/mol. The van der Waals surface area contributed by atoms with Crippen molar-refractivity contribution in [3.8, 4) is 5.75 Å². The number of ether oxygens (including phenoxy) is 1. The van der Waals surface area contributed by atoms with Gasteiger partial charge in [0.05, 0.1) is 9.95 Å². The fourth-order valence-corrected chi connectivity index (χ4v) is 2.84. The Bertz CT molecular complexity index is 661. The molecule has 0 aromatic heterocycles. The second kappa shape index (κ2) is 8.66. The monoisotopic (exact) mass is 369 g/mol. The number of nitro groups is 1. The van der Waals surface area contributed by atoms with Crippen LogP contribution < -0.4 is 15.4 Å². The Kier molecular flexibility index (Phi) is 6.58. The van der Waals surface area contributed by atoms with Gasteiger partial charge < -0.3 is 10.1 Å². The highest BCUT2D eigenvalue weighted by atomic mass is 35.5. The van der Waals surface area contributed by atoms with Crippen LogP contribution in [0.2, 0.25) is 5.02 Å². The predicted molar refractivity (Wildman–Crippen MR) is 91.7 cm³/mol. The van der Waals surface area contributed by atoms with Gasteiger partial charge >= 0.3 is 6.03 Å². The van der Waals surface area contributed by atoms with Crippen LogP contribution >= 0.6 is 11.6 Å². The van der Waals surface area contributed by atoms with Gasteiger partial charge in [-0.25, -0.2) is 4.79 Å². The molecule has 25 heavy (non-hydrogen) atoms. The van der Waals surface area contributed by atoms with Crippen LogP contribution in [0.5, 0.6) is 5.75 Å². The Hall–Kier alpha value is -2.35. The molecule has 3 amide bonds. The number of nitrogens with one attached hydrogen (secondary N) is 2. The van der Waals surface area contributed by atoms with Crippen LogP contribution in [0.1, 0.15) is 39.0 Å². The maximum Gasteiger partial charge on any atom is 0.321 e. The summed E-state index contributed by atoms with van der Waals surface area (Å²) in [6.07, 6.45) is 4.13. The van der Waals surface area contributed by atoms with Crippen LogP contribution in [0.15, 0.2) is 18.2 Å². The average Bonchev–Trinajstić information content (AvgIpc) is 2.57. The number of hydrogen-bond acceptors (Lipinski definition) is 5. The number of carbonyl (C=O) groups excluding carboxylic acids is 2. The number of imide groups is 1. The molecule has 1 aromatic carbocycles. The van der Waals surface area contributed by atoms with Gasteiger partial charge in [-0.15, -0.1) is 0 Å². The molecule has 1 aliphatic rings. The molecule has 1 atom stereocenters.